The lowest BCUT2D eigenvalue weighted by atomic mass is 9.98. The number of aliphatic hydroxyl groups is 1. The number of nitrogens with zero attached hydrogens (tertiary/aromatic N) is 2. The van der Waals surface area contributed by atoms with E-state index in [1.54, 1.807) is 4.90 Å². The van der Waals surface area contributed by atoms with E-state index in [0.29, 0.717) is 45.0 Å². The van der Waals surface area contributed by atoms with E-state index in [-0.39, 0.29) is 11.7 Å². The minimum Gasteiger partial charge on any atom is -0.388 e. The van der Waals surface area contributed by atoms with Crippen molar-refractivity contribution >= 4 is 11.6 Å². The standard InChI is InChI=1S/C19H30F2N4O/c1-4-19(26,5-2)13-23-18(22-6-3)24-14-10-11-25(12-14)17-15(20)8-7-9-16(17)21/h7-9,14,26H,4-6,10-13H2,1-3H3,(H2,22,23,24). The fourth-order valence-corrected chi connectivity index (χ4v) is 3.09. The number of benzene rings is 1. The number of anilines is 1. The molecule has 1 aliphatic rings. The molecule has 2 rings (SSSR count). The first-order valence-corrected chi connectivity index (χ1v) is 9.38. The molecule has 0 aromatic heterocycles. The Morgan fingerprint density at radius 1 is 1.27 bits per heavy atom. The van der Waals surface area contributed by atoms with Gasteiger partial charge in [0.25, 0.3) is 0 Å². The summed E-state index contributed by atoms with van der Waals surface area (Å²) < 4.78 is 28.0. The van der Waals surface area contributed by atoms with Crippen LogP contribution in [0, 0.1) is 11.6 Å². The van der Waals surface area contributed by atoms with Gasteiger partial charge in [-0.3, -0.25) is 4.99 Å². The van der Waals surface area contributed by atoms with Crippen molar-refractivity contribution < 1.29 is 13.9 Å². The molecule has 0 saturated carbocycles. The van der Waals surface area contributed by atoms with E-state index in [1.165, 1.54) is 18.2 Å². The summed E-state index contributed by atoms with van der Waals surface area (Å²) in [4.78, 5) is 6.22. The number of guanidine groups is 1. The highest BCUT2D eigenvalue weighted by Crippen LogP contribution is 2.26. The lowest BCUT2D eigenvalue weighted by Gasteiger charge is -2.24. The Balaban J connectivity index is 2.02. The number of para-hydroxylation sites is 1. The number of hydrogen-bond acceptors (Lipinski definition) is 3. The molecule has 1 unspecified atom stereocenters. The average molecular weight is 368 g/mol. The Bertz CT molecular complexity index is 599. The second-order valence-corrected chi connectivity index (χ2v) is 6.77. The van der Waals surface area contributed by atoms with E-state index in [0.717, 1.165) is 6.42 Å². The SMILES string of the molecule is CCNC(=NCC(O)(CC)CC)NC1CCN(c2c(F)cccc2F)C1. The smallest absolute Gasteiger partial charge is 0.191 e. The van der Waals surface area contributed by atoms with E-state index in [2.05, 4.69) is 15.6 Å². The molecule has 7 heteroatoms. The van der Waals surface area contributed by atoms with Gasteiger partial charge in [0.2, 0.25) is 0 Å². The van der Waals surface area contributed by atoms with Crippen LogP contribution in [0.5, 0.6) is 0 Å². The zero-order valence-electron chi connectivity index (χ0n) is 15.9. The Hall–Kier alpha value is -1.89. The van der Waals surface area contributed by atoms with Crippen molar-refractivity contribution in [3.63, 3.8) is 0 Å². The quantitative estimate of drug-likeness (QED) is 0.512. The van der Waals surface area contributed by atoms with E-state index in [9.17, 15) is 13.9 Å². The number of aliphatic imine (C=N–C) groups is 1. The van der Waals surface area contributed by atoms with Crippen molar-refractivity contribution in [2.24, 2.45) is 4.99 Å². The predicted molar refractivity (Wildman–Crippen MR) is 102 cm³/mol. The molecule has 1 aliphatic heterocycles. The Kier molecular flexibility index (Phi) is 7.20. The lowest BCUT2D eigenvalue weighted by Crippen LogP contribution is -2.45. The highest BCUT2D eigenvalue weighted by molar-refractivity contribution is 5.80. The lowest BCUT2D eigenvalue weighted by molar-refractivity contribution is 0.0418. The van der Waals surface area contributed by atoms with Crippen LogP contribution < -0.4 is 15.5 Å². The van der Waals surface area contributed by atoms with Gasteiger partial charge >= 0.3 is 0 Å². The molecule has 1 atom stereocenters. The normalized spacial score (nSPS) is 18.3. The average Bonchev–Trinajstić information content (AvgIpc) is 3.07. The van der Waals surface area contributed by atoms with Crippen LogP contribution in [0.4, 0.5) is 14.5 Å². The maximum atomic E-state index is 14.0. The zero-order valence-corrected chi connectivity index (χ0v) is 15.9. The summed E-state index contributed by atoms with van der Waals surface area (Å²) in [6.45, 7) is 7.93. The molecule has 1 saturated heterocycles. The molecule has 0 amide bonds. The van der Waals surface area contributed by atoms with E-state index in [1.807, 2.05) is 20.8 Å². The molecular formula is C19H30F2N4O. The Morgan fingerprint density at radius 3 is 2.50 bits per heavy atom. The number of rotatable bonds is 7. The second-order valence-electron chi connectivity index (χ2n) is 6.77. The molecule has 3 N–H and O–H groups in total. The van der Waals surface area contributed by atoms with Gasteiger partial charge in [0.15, 0.2) is 5.96 Å². The van der Waals surface area contributed by atoms with E-state index >= 15 is 0 Å². The van der Waals surface area contributed by atoms with Gasteiger partial charge in [0, 0.05) is 25.7 Å². The van der Waals surface area contributed by atoms with Crippen LogP contribution in [-0.4, -0.2) is 48.9 Å². The summed E-state index contributed by atoms with van der Waals surface area (Å²) in [6.07, 6.45) is 2.02. The molecule has 26 heavy (non-hydrogen) atoms. The third-order valence-electron chi connectivity index (χ3n) is 4.97. The summed E-state index contributed by atoms with van der Waals surface area (Å²) in [5.41, 5.74) is -0.773. The van der Waals surface area contributed by atoms with Crippen molar-refractivity contribution in [3.05, 3.63) is 29.8 Å². The third-order valence-corrected chi connectivity index (χ3v) is 4.97. The van der Waals surface area contributed by atoms with Gasteiger partial charge in [-0.1, -0.05) is 19.9 Å². The van der Waals surface area contributed by atoms with E-state index < -0.39 is 17.2 Å². The van der Waals surface area contributed by atoms with E-state index in [4.69, 9.17) is 0 Å². The van der Waals surface area contributed by atoms with Crippen LogP contribution in [0.25, 0.3) is 0 Å². The Labute approximate surface area is 154 Å². The first-order chi connectivity index (χ1) is 12.4. The van der Waals surface area contributed by atoms with Crippen molar-refractivity contribution in [2.75, 3.05) is 31.1 Å². The fraction of sp³-hybridized carbons (Fsp3) is 0.632. The summed E-state index contributed by atoms with van der Waals surface area (Å²) >= 11 is 0. The van der Waals surface area contributed by atoms with Gasteiger partial charge in [-0.25, -0.2) is 8.78 Å². The summed E-state index contributed by atoms with van der Waals surface area (Å²) in [5.74, 6) is -0.460. The minimum atomic E-state index is -0.805. The topological polar surface area (TPSA) is 59.9 Å². The van der Waals surface area contributed by atoms with Gasteiger partial charge < -0.3 is 20.6 Å². The van der Waals surface area contributed by atoms with Gasteiger partial charge in [-0.2, -0.15) is 0 Å². The molecular weight excluding hydrogens is 338 g/mol. The molecule has 0 bridgehead atoms. The molecule has 146 valence electrons. The van der Waals surface area contributed by atoms with Crippen molar-refractivity contribution in [1.82, 2.24) is 10.6 Å². The summed E-state index contributed by atoms with van der Waals surface area (Å²) in [6, 6.07) is 3.96. The molecule has 0 aliphatic carbocycles. The van der Waals surface area contributed by atoms with Crippen molar-refractivity contribution in [3.8, 4) is 0 Å². The maximum absolute atomic E-state index is 14.0. The largest absolute Gasteiger partial charge is 0.388 e. The van der Waals surface area contributed by atoms with Crippen molar-refractivity contribution in [2.45, 2.75) is 51.7 Å². The monoisotopic (exact) mass is 368 g/mol. The fourth-order valence-electron chi connectivity index (χ4n) is 3.09. The number of nitrogens with one attached hydrogen (secondary N) is 2. The minimum absolute atomic E-state index is 0.0307. The van der Waals surface area contributed by atoms with Crippen LogP contribution in [0.15, 0.2) is 23.2 Å². The van der Waals surface area contributed by atoms with Crippen LogP contribution >= 0.6 is 0 Å². The molecule has 0 spiro atoms. The summed E-state index contributed by atoms with van der Waals surface area (Å²) in [5, 5.41) is 16.9. The molecule has 1 fully saturated rings. The molecule has 1 heterocycles. The first kappa shape index (κ1) is 20.4. The van der Waals surface area contributed by atoms with Gasteiger partial charge in [0.1, 0.15) is 17.3 Å². The second kappa shape index (κ2) is 9.16. The van der Waals surface area contributed by atoms with Gasteiger partial charge in [0.05, 0.1) is 12.1 Å². The zero-order chi connectivity index (χ0) is 19.2. The van der Waals surface area contributed by atoms with Crippen LogP contribution in [0.1, 0.15) is 40.0 Å². The molecule has 1 aromatic rings. The predicted octanol–water partition coefficient (Wildman–Crippen LogP) is 2.65. The first-order valence-electron chi connectivity index (χ1n) is 9.38. The van der Waals surface area contributed by atoms with Gasteiger partial charge in [-0.15, -0.1) is 0 Å². The summed E-state index contributed by atoms with van der Waals surface area (Å²) in [7, 11) is 0. The van der Waals surface area contributed by atoms with Crippen molar-refractivity contribution in [1.29, 1.82) is 0 Å². The van der Waals surface area contributed by atoms with Gasteiger partial charge in [-0.05, 0) is 38.3 Å². The highest BCUT2D eigenvalue weighted by Gasteiger charge is 2.28. The molecule has 5 nitrogen and oxygen atoms in total. The molecule has 1 aromatic carbocycles. The number of halogens is 2. The van der Waals surface area contributed by atoms with Crippen LogP contribution in [0.3, 0.4) is 0 Å². The highest BCUT2D eigenvalue weighted by atomic mass is 19.1. The van der Waals surface area contributed by atoms with Crippen LogP contribution in [0.2, 0.25) is 0 Å². The third kappa shape index (κ3) is 5.06. The number of hydrogen-bond donors (Lipinski definition) is 3. The van der Waals surface area contributed by atoms with Crippen LogP contribution in [-0.2, 0) is 0 Å². The molecule has 0 radical (unpaired) electrons. The Morgan fingerprint density at radius 2 is 1.92 bits per heavy atom. The maximum Gasteiger partial charge on any atom is 0.191 e.